The fraction of sp³-hybridized carbons (Fsp3) is 0.750. The predicted octanol–water partition coefficient (Wildman–Crippen LogP) is 12.8. The number of hydrogen-bond donors (Lipinski definition) is 1. The molecular formula is C40H70O4. The van der Waals surface area contributed by atoms with Crippen LogP contribution in [0.2, 0.25) is 0 Å². The van der Waals surface area contributed by atoms with E-state index in [-0.39, 0.29) is 18.5 Å². The van der Waals surface area contributed by atoms with Gasteiger partial charge < -0.3 is 9.84 Å². The molecule has 0 aliphatic carbocycles. The topological polar surface area (TPSA) is 63.6 Å². The minimum absolute atomic E-state index is 0.0754. The molecule has 1 N–H and O–H groups in total. The van der Waals surface area contributed by atoms with E-state index < -0.39 is 5.97 Å². The van der Waals surface area contributed by atoms with E-state index in [9.17, 15) is 9.59 Å². The van der Waals surface area contributed by atoms with Crippen LogP contribution < -0.4 is 0 Å². The second-order valence-electron chi connectivity index (χ2n) is 12.4. The van der Waals surface area contributed by atoms with Gasteiger partial charge in [-0.15, -0.1) is 0 Å². The molecule has 0 aromatic rings. The Hall–Kier alpha value is -2.10. The van der Waals surface area contributed by atoms with Gasteiger partial charge in [-0.25, -0.2) is 0 Å². The van der Waals surface area contributed by atoms with Crippen molar-refractivity contribution in [3.05, 3.63) is 48.6 Å². The van der Waals surface area contributed by atoms with Crippen molar-refractivity contribution in [2.45, 2.75) is 193 Å². The SMILES string of the molecule is CC/C=C\C/C=C\C/C=C\C/C=C\C(CCCCCCCC(=O)O)OC(=O)CCCCCCCCCCCCCCCCC. The average molecular weight is 615 g/mol. The van der Waals surface area contributed by atoms with Gasteiger partial charge >= 0.3 is 11.9 Å². The van der Waals surface area contributed by atoms with Crippen LogP contribution in [0, 0.1) is 0 Å². The van der Waals surface area contributed by atoms with Crippen LogP contribution in [-0.4, -0.2) is 23.1 Å². The number of carbonyl (C=O) groups is 2. The Morgan fingerprint density at radius 2 is 0.932 bits per heavy atom. The zero-order chi connectivity index (χ0) is 32.2. The molecule has 0 radical (unpaired) electrons. The zero-order valence-electron chi connectivity index (χ0n) is 29.0. The molecule has 44 heavy (non-hydrogen) atoms. The summed E-state index contributed by atoms with van der Waals surface area (Å²) in [5.74, 6) is -0.793. The molecule has 0 aromatic carbocycles. The van der Waals surface area contributed by atoms with Crippen molar-refractivity contribution in [2.24, 2.45) is 0 Å². The fourth-order valence-electron chi connectivity index (χ4n) is 5.33. The van der Waals surface area contributed by atoms with Crippen molar-refractivity contribution in [1.82, 2.24) is 0 Å². The van der Waals surface area contributed by atoms with Crippen molar-refractivity contribution in [3.63, 3.8) is 0 Å². The average Bonchev–Trinajstić information content (AvgIpc) is 3.00. The van der Waals surface area contributed by atoms with Crippen LogP contribution in [0.25, 0.3) is 0 Å². The lowest BCUT2D eigenvalue weighted by Gasteiger charge is -2.14. The summed E-state index contributed by atoms with van der Waals surface area (Å²) in [5, 5.41) is 8.79. The van der Waals surface area contributed by atoms with E-state index in [1.165, 1.54) is 83.5 Å². The van der Waals surface area contributed by atoms with E-state index in [2.05, 4.69) is 62.5 Å². The highest BCUT2D eigenvalue weighted by Gasteiger charge is 2.11. The van der Waals surface area contributed by atoms with Gasteiger partial charge in [0.05, 0.1) is 0 Å². The first-order valence-electron chi connectivity index (χ1n) is 18.6. The van der Waals surface area contributed by atoms with Crippen molar-refractivity contribution in [1.29, 1.82) is 0 Å². The van der Waals surface area contributed by atoms with Crippen LogP contribution in [-0.2, 0) is 14.3 Å². The molecule has 254 valence electrons. The van der Waals surface area contributed by atoms with Crippen molar-refractivity contribution < 1.29 is 19.4 Å². The molecule has 0 amide bonds. The second-order valence-corrected chi connectivity index (χ2v) is 12.4. The normalized spacial score (nSPS) is 12.8. The molecule has 0 spiro atoms. The molecule has 1 unspecified atom stereocenters. The van der Waals surface area contributed by atoms with Crippen LogP contribution in [0.3, 0.4) is 0 Å². The molecule has 0 fully saturated rings. The number of carbonyl (C=O) groups excluding carboxylic acids is 1. The van der Waals surface area contributed by atoms with Gasteiger partial charge in [-0.3, -0.25) is 9.59 Å². The number of ether oxygens (including phenoxy) is 1. The first kappa shape index (κ1) is 41.9. The molecule has 0 aromatic heterocycles. The summed E-state index contributed by atoms with van der Waals surface area (Å²) in [6.45, 7) is 4.42. The zero-order valence-corrected chi connectivity index (χ0v) is 29.0. The maximum Gasteiger partial charge on any atom is 0.306 e. The molecule has 4 heteroatoms. The van der Waals surface area contributed by atoms with Gasteiger partial charge in [-0.2, -0.15) is 0 Å². The van der Waals surface area contributed by atoms with Gasteiger partial charge in [0, 0.05) is 12.8 Å². The van der Waals surface area contributed by atoms with Crippen LogP contribution in [0.4, 0.5) is 0 Å². The summed E-state index contributed by atoms with van der Waals surface area (Å²) < 4.78 is 5.88. The van der Waals surface area contributed by atoms with Gasteiger partial charge in [0.2, 0.25) is 0 Å². The van der Waals surface area contributed by atoms with Crippen molar-refractivity contribution in [2.75, 3.05) is 0 Å². The van der Waals surface area contributed by atoms with E-state index in [1.807, 2.05) is 0 Å². The van der Waals surface area contributed by atoms with E-state index in [0.29, 0.717) is 6.42 Å². The molecule has 0 saturated heterocycles. The largest absolute Gasteiger partial charge is 0.481 e. The van der Waals surface area contributed by atoms with Crippen LogP contribution >= 0.6 is 0 Å². The first-order valence-corrected chi connectivity index (χ1v) is 18.6. The summed E-state index contributed by atoms with van der Waals surface area (Å²) in [6.07, 6.45) is 47.1. The summed E-state index contributed by atoms with van der Waals surface area (Å²) in [7, 11) is 0. The molecule has 0 bridgehead atoms. The number of rotatable bonds is 33. The number of esters is 1. The number of carboxylic acids is 1. The second kappa shape index (κ2) is 35.4. The van der Waals surface area contributed by atoms with Crippen LogP contribution in [0.1, 0.15) is 187 Å². The van der Waals surface area contributed by atoms with Gasteiger partial charge in [0.25, 0.3) is 0 Å². The lowest BCUT2D eigenvalue weighted by Crippen LogP contribution is -2.16. The monoisotopic (exact) mass is 615 g/mol. The van der Waals surface area contributed by atoms with Crippen LogP contribution in [0.15, 0.2) is 48.6 Å². The number of hydrogen-bond acceptors (Lipinski definition) is 3. The van der Waals surface area contributed by atoms with Gasteiger partial charge in [0.1, 0.15) is 6.10 Å². The third-order valence-electron chi connectivity index (χ3n) is 8.05. The fourth-order valence-corrected chi connectivity index (χ4v) is 5.33. The maximum absolute atomic E-state index is 12.6. The molecule has 1 atom stereocenters. The van der Waals surface area contributed by atoms with Crippen molar-refractivity contribution >= 4 is 11.9 Å². The Labute approximate surface area is 272 Å². The number of allylic oxidation sites excluding steroid dienone is 7. The highest BCUT2D eigenvalue weighted by Crippen LogP contribution is 2.16. The van der Waals surface area contributed by atoms with E-state index in [0.717, 1.165) is 77.0 Å². The minimum atomic E-state index is -0.717. The van der Waals surface area contributed by atoms with Gasteiger partial charge in [-0.1, -0.05) is 166 Å². The summed E-state index contributed by atoms with van der Waals surface area (Å²) in [5.41, 5.74) is 0. The summed E-state index contributed by atoms with van der Waals surface area (Å²) in [6, 6.07) is 0. The number of aliphatic carboxylic acids is 1. The quantitative estimate of drug-likeness (QED) is 0.0454. The van der Waals surface area contributed by atoms with E-state index in [1.54, 1.807) is 0 Å². The van der Waals surface area contributed by atoms with E-state index in [4.69, 9.17) is 9.84 Å². The Bertz CT molecular complexity index is 748. The molecule has 0 saturated carbocycles. The first-order chi connectivity index (χ1) is 21.6. The van der Waals surface area contributed by atoms with Crippen molar-refractivity contribution in [3.8, 4) is 0 Å². The minimum Gasteiger partial charge on any atom is -0.481 e. The highest BCUT2D eigenvalue weighted by atomic mass is 16.5. The molecular weight excluding hydrogens is 544 g/mol. The number of carboxylic acid groups (broad SMARTS) is 1. The van der Waals surface area contributed by atoms with Gasteiger partial charge in [0.15, 0.2) is 0 Å². The Kier molecular flexibility index (Phi) is 33.7. The lowest BCUT2D eigenvalue weighted by molar-refractivity contribution is -0.147. The molecule has 0 rings (SSSR count). The third kappa shape index (κ3) is 34.4. The molecule has 0 heterocycles. The molecule has 4 nitrogen and oxygen atoms in total. The van der Waals surface area contributed by atoms with Crippen LogP contribution in [0.5, 0.6) is 0 Å². The maximum atomic E-state index is 12.6. The predicted molar refractivity (Wildman–Crippen MR) is 190 cm³/mol. The summed E-state index contributed by atoms with van der Waals surface area (Å²) >= 11 is 0. The standard InChI is InChI=1S/C40H70O4/c1-3-5-7-9-11-13-15-16-17-18-20-22-24-29-33-37-40(43)44-38(35-31-27-25-28-32-36-39(41)42)34-30-26-23-21-19-14-12-10-8-6-4-2/h6,8,12,14,21,23,30,34,38H,3-5,7,9-11,13,15-20,22,24-29,31-33,35-37H2,1-2H3,(H,41,42)/b8-6-,14-12-,23-21-,34-30-. The molecule has 0 aliphatic heterocycles. The lowest BCUT2D eigenvalue weighted by atomic mass is 10.0. The van der Waals surface area contributed by atoms with Gasteiger partial charge in [-0.05, 0) is 57.4 Å². The third-order valence-corrected chi connectivity index (χ3v) is 8.05. The Morgan fingerprint density at radius 3 is 1.41 bits per heavy atom. The number of unbranched alkanes of at least 4 members (excludes halogenated alkanes) is 18. The summed E-state index contributed by atoms with van der Waals surface area (Å²) in [4.78, 5) is 23.3. The Morgan fingerprint density at radius 1 is 0.523 bits per heavy atom. The smallest absolute Gasteiger partial charge is 0.306 e. The highest BCUT2D eigenvalue weighted by molar-refractivity contribution is 5.69. The molecule has 0 aliphatic rings. The van der Waals surface area contributed by atoms with E-state index >= 15 is 0 Å². The Balaban J connectivity index is 4.15.